The van der Waals surface area contributed by atoms with Gasteiger partial charge in [-0.05, 0) is 37.0 Å². The van der Waals surface area contributed by atoms with Crippen LogP contribution in [0.2, 0.25) is 0 Å². The molecule has 3 rings (SSSR count). The van der Waals surface area contributed by atoms with Crippen LogP contribution < -0.4 is 11.1 Å². The minimum Gasteiger partial charge on any atom is -0.370 e. The van der Waals surface area contributed by atoms with E-state index >= 15 is 0 Å². The second-order valence-corrected chi connectivity index (χ2v) is 6.25. The maximum Gasteiger partial charge on any atom is 0.223 e. The largest absolute Gasteiger partial charge is 0.370 e. The molecule has 1 unspecified atom stereocenters. The molecule has 1 amide bonds. The quantitative estimate of drug-likeness (QED) is 0.645. The molecule has 5 nitrogen and oxygen atoms in total. The number of likely N-dealkylation sites (tertiary alicyclic amines) is 1. The third kappa shape index (κ3) is 3.59. The molecule has 1 heterocycles. The van der Waals surface area contributed by atoms with Crippen molar-refractivity contribution in [3.63, 3.8) is 0 Å². The summed E-state index contributed by atoms with van der Waals surface area (Å²) in [6, 6.07) is 8.69. The molecule has 2 fully saturated rings. The van der Waals surface area contributed by atoms with Gasteiger partial charge >= 0.3 is 0 Å². The average molecular weight is 300 g/mol. The van der Waals surface area contributed by atoms with Crippen LogP contribution in [0.1, 0.15) is 31.7 Å². The predicted molar refractivity (Wildman–Crippen MR) is 88.8 cm³/mol. The van der Waals surface area contributed by atoms with Crippen molar-refractivity contribution < 1.29 is 4.79 Å². The average Bonchev–Trinajstić information content (AvgIpc) is 3.29. The Morgan fingerprint density at radius 2 is 2.09 bits per heavy atom. The molecule has 1 aliphatic heterocycles. The molecule has 1 aliphatic carbocycles. The summed E-state index contributed by atoms with van der Waals surface area (Å²) in [6.07, 6.45) is 3.97. The van der Waals surface area contributed by atoms with E-state index in [4.69, 9.17) is 5.73 Å². The van der Waals surface area contributed by atoms with Gasteiger partial charge in [0.15, 0.2) is 5.96 Å². The second-order valence-electron chi connectivity index (χ2n) is 6.25. The van der Waals surface area contributed by atoms with Crippen molar-refractivity contribution in [2.24, 2.45) is 16.6 Å². The summed E-state index contributed by atoms with van der Waals surface area (Å²) in [7, 11) is 0. The monoisotopic (exact) mass is 300 g/mol. The minimum atomic E-state index is 0.282. The smallest absolute Gasteiger partial charge is 0.223 e. The lowest BCUT2D eigenvalue weighted by Gasteiger charge is -2.14. The zero-order valence-corrected chi connectivity index (χ0v) is 13.1. The standard InChI is InChI=1S/C17H24N4O/c1-2-12-3-5-14(6-4-12)20-17(18)19-10-13-9-16(22)21(11-13)15-7-8-15/h3-6,13,15H,2,7-11H2,1H3,(H3,18,19,20). The molecular weight excluding hydrogens is 276 g/mol. The van der Waals surface area contributed by atoms with Gasteiger partial charge in [0.2, 0.25) is 5.91 Å². The first-order chi connectivity index (χ1) is 10.7. The number of hydrogen-bond donors (Lipinski definition) is 2. The van der Waals surface area contributed by atoms with Gasteiger partial charge in [-0.25, -0.2) is 0 Å². The summed E-state index contributed by atoms with van der Waals surface area (Å²) in [5.74, 6) is 1.00. The Morgan fingerprint density at radius 1 is 1.36 bits per heavy atom. The molecule has 1 aromatic carbocycles. The van der Waals surface area contributed by atoms with Gasteiger partial charge in [0, 0.05) is 37.2 Å². The number of benzene rings is 1. The Kier molecular flexibility index (Phi) is 4.32. The van der Waals surface area contributed by atoms with Crippen LogP contribution in [0, 0.1) is 5.92 Å². The third-order valence-electron chi connectivity index (χ3n) is 4.38. The van der Waals surface area contributed by atoms with E-state index in [1.54, 1.807) is 0 Å². The Morgan fingerprint density at radius 3 is 2.73 bits per heavy atom. The van der Waals surface area contributed by atoms with Crippen LogP contribution in [0.5, 0.6) is 0 Å². The Hall–Kier alpha value is -2.04. The van der Waals surface area contributed by atoms with Gasteiger partial charge < -0.3 is 16.0 Å². The first kappa shape index (κ1) is 14.9. The molecule has 1 saturated heterocycles. The van der Waals surface area contributed by atoms with E-state index in [2.05, 4.69) is 29.4 Å². The fourth-order valence-electron chi connectivity index (χ4n) is 2.91. The predicted octanol–water partition coefficient (Wildman–Crippen LogP) is 1.99. The number of nitrogens with two attached hydrogens (primary N) is 1. The number of nitrogens with zero attached hydrogens (tertiary/aromatic N) is 2. The van der Waals surface area contributed by atoms with Crippen LogP contribution in [-0.2, 0) is 11.2 Å². The lowest BCUT2D eigenvalue weighted by Crippen LogP contribution is -2.28. The van der Waals surface area contributed by atoms with E-state index in [9.17, 15) is 4.79 Å². The molecule has 1 atom stereocenters. The molecule has 0 spiro atoms. The van der Waals surface area contributed by atoms with Crippen molar-refractivity contribution in [2.75, 3.05) is 18.4 Å². The number of guanidine groups is 1. The molecule has 0 radical (unpaired) electrons. The summed E-state index contributed by atoms with van der Waals surface area (Å²) >= 11 is 0. The van der Waals surface area contributed by atoms with Gasteiger partial charge in [0.05, 0.1) is 0 Å². The van der Waals surface area contributed by atoms with Crippen LogP contribution in [-0.4, -0.2) is 35.9 Å². The molecule has 1 saturated carbocycles. The van der Waals surface area contributed by atoms with Gasteiger partial charge in [0.1, 0.15) is 0 Å². The summed E-state index contributed by atoms with van der Waals surface area (Å²) in [5, 5.41) is 3.10. The first-order valence-electron chi connectivity index (χ1n) is 8.11. The van der Waals surface area contributed by atoms with Crippen LogP contribution in [0.3, 0.4) is 0 Å². The lowest BCUT2D eigenvalue weighted by atomic mass is 10.1. The van der Waals surface area contributed by atoms with Crippen molar-refractivity contribution in [3.8, 4) is 0 Å². The number of amides is 1. The highest BCUT2D eigenvalue weighted by atomic mass is 16.2. The molecule has 5 heteroatoms. The Balaban J connectivity index is 1.50. The van der Waals surface area contributed by atoms with E-state index in [-0.39, 0.29) is 5.91 Å². The first-order valence-corrected chi connectivity index (χ1v) is 8.11. The van der Waals surface area contributed by atoms with Gasteiger partial charge in [-0.15, -0.1) is 0 Å². The number of nitrogens with one attached hydrogen (secondary N) is 1. The number of aliphatic imine (C=N–C) groups is 1. The van der Waals surface area contributed by atoms with E-state index in [0.717, 1.165) is 18.7 Å². The van der Waals surface area contributed by atoms with E-state index in [1.165, 1.54) is 18.4 Å². The minimum absolute atomic E-state index is 0.282. The van der Waals surface area contributed by atoms with Crippen LogP contribution >= 0.6 is 0 Å². The molecule has 22 heavy (non-hydrogen) atoms. The molecule has 0 bridgehead atoms. The highest BCUT2D eigenvalue weighted by Gasteiger charge is 2.38. The van der Waals surface area contributed by atoms with Crippen molar-refractivity contribution in [1.29, 1.82) is 0 Å². The van der Waals surface area contributed by atoms with Gasteiger partial charge in [0.25, 0.3) is 0 Å². The Bertz CT molecular complexity index is 563. The van der Waals surface area contributed by atoms with Gasteiger partial charge in [-0.1, -0.05) is 19.1 Å². The van der Waals surface area contributed by atoms with Gasteiger partial charge in [-0.2, -0.15) is 0 Å². The zero-order valence-electron chi connectivity index (χ0n) is 13.1. The lowest BCUT2D eigenvalue weighted by molar-refractivity contribution is -0.128. The number of rotatable bonds is 5. The van der Waals surface area contributed by atoms with Crippen molar-refractivity contribution in [3.05, 3.63) is 29.8 Å². The van der Waals surface area contributed by atoms with Gasteiger partial charge in [-0.3, -0.25) is 9.79 Å². The van der Waals surface area contributed by atoms with Crippen molar-refractivity contribution in [1.82, 2.24) is 4.90 Å². The fraction of sp³-hybridized carbons (Fsp3) is 0.529. The fourth-order valence-corrected chi connectivity index (χ4v) is 2.91. The van der Waals surface area contributed by atoms with Crippen LogP contribution in [0.4, 0.5) is 5.69 Å². The molecule has 1 aromatic rings. The van der Waals surface area contributed by atoms with Crippen LogP contribution in [0.15, 0.2) is 29.3 Å². The highest BCUT2D eigenvalue weighted by Crippen LogP contribution is 2.32. The number of aryl methyl sites for hydroxylation is 1. The molecule has 3 N–H and O–H groups in total. The van der Waals surface area contributed by atoms with E-state index in [0.29, 0.717) is 30.9 Å². The van der Waals surface area contributed by atoms with Crippen molar-refractivity contribution >= 4 is 17.6 Å². The molecule has 2 aliphatic rings. The third-order valence-corrected chi connectivity index (χ3v) is 4.38. The SMILES string of the molecule is CCc1ccc(NC(N)=NCC2CC(=O)N(C3CC3)C2)cc1. The van der Waals surface area contributed by atoms with E-state index < -0.39 is 0 Å². The molecular formula is C17H24N4O. The molecule has 118 valence electrons. The number of hydrogen-bond acceptors (Lipinski definition) is 2. The normalized spacial score (nSPS) is 22.2. The maximum absolute atomic E-state index is 11.9. The van der Waals surface area contributed by atoms with Crippen molar-refractivity contribution in [2.45, 2.75) is 38.6 Å². The molecule has 0 aromatic heterocycles. The second kappa shape index (κ2) is 6.38. The number of carbonyl (C=O) groups is 1. The number of anilines is 1. The summed E-state index contributed by atoms with van der Waals surface area (Å²) in [5.41, 5.74) is 8.18. The Labute approximate surface area is 131 Å². The summed E-state index contributed by atoms with van der Waals surface area (Å²) in [4.78, 5) is 18.3. The summed E-state index contributed by atoms with van der Waals surface area (Å²) < 4.78 is 0. The zero-order chi connectivity index (χ0) is 15.5. The maximum atomic E-state index is 11.9. The van der Waals surface area contributed by atoms with Crippen LogP contribution in [0.25, 0.3) is 0 Å². The summed E-state index contributed by atoms with van der Waals surface area (Å²) in [6.45, 7) is 3.58. The van der Waals surface area contributed by atoms with E-state index in [1.807, 2.05) is 17.0 Å². The topological polar surface area (TPSA) is 70.7 Å². The number of carbonyl (C=O) groups excluding carboxylic acids is 1. The highest BCUT2D eigenvalue weighted by molar-refractivity contribution is 5.92.